The maximum absolute atomic E-state index is 11.9. The van der Waals surface area contributed by atoms with E-state index < -0.39 is 5.97 Å². The highest BCUT2D eigenvalue weighted by Gasteiger charge is 2.16. The molecule has 0 fully saturated rings. The fourth-order valence-corrected chi connectivity index (χ4v) is 2.09. The first kappa shape index (κ1) is 17.4. The van der Waals surface area contributed by atoms with Gasteiger partial charge in [-0.25, -0.2) is 4.79 Å². The van der Waals surface area contributed by atoms with E-state index in [-0.39, 0.29) is 23.1 Å². The van der Waals surface area contributed by atoms with Crippen LogP contribution in [0.25, 0.3) is 0 Å². The Morgan fingerprint density at radius 1 is 1.12 bits per heavy atom. The van der Waals surface area contributed by atoms with Crippen LogP contribution in [0.1, 0.15) is 5.56 Å². The number of ether oxygens (including phenoxy) is 4. The Balaban J connectivity index is 2.03. The molecule has 0 saturated heterocycles. The molecule has 24 heavy (non-hydrogen) atoms. The first-order valence-electron chi connectivity index (χ1n) is 6.82. The molecule has 0 heterocycles. The molecule has 0 aliphatic carbocycles. The minimum absolute atomic E-state index is 0.0431. The number of rotatable bonds is 6. The van der Waals surface area contributed by atoms with E-state index in [2.05, 4.69) is 0 Å². The summed E-state index contributed by atoms with van der Waals surface area (Å²) in [6.07, 6.45) is 0. The van der Waals surface area contributed by atoms with Crippen LogP contribution in [0, 0.1) is 11.3 Å². The highest BCUT2D eigenvalue weighted by Crippen LogP contribution is 2.36. The lowest BCUT2D eigenvalue weighted by molar-refractivity contribution is -0.136. The van der Waals surface area contributed by atoms with E-state index in [0.717, 1.165) is 0 Å². The third kappa shape index (κ3) is 4.31. The van der Waals surface area contributed by atoms with Crippen molar-refractivity contribution in [3.8, 4) is 29.1 Å². The second-order valence-corrected chi connectivity index (χ2v) is 4.95. The standard InChI is InChI=1S/C17H14ClNO5/c1-21-12-3-5-13(6-4-12)23-10-16(20)24-17-14(18)7-11(9-19)8-15(17)22-2/h3-8H,10H2,1-2H3. The van der Waals surface area contributed by atoms with Crippen molar-refractivity contribution < 1.29 is 23.7 Å². The summed E-state index contributed by atoms with van der Waals surface area (Å²) in [7, 11) is 2.94. The Hall–Kier alpha value is -2.91. The van der Waals surface area contributed by atoms with Crippen LogP contribution >= 0.6 is 11.6 Å². The van der Waals surface area contributed by atoms with Gasteiger partial charge < -0.3 is 18.9 Å². The van der Waals surface area contributed by atoms with Crippen LogP contribution < -0.4 is 18.9 Å². The second kappa shape index (κ2) is 8.09. The van der Waals surface area contributed by atoms with Crippen molar-refractivity contribution in [2.45, 2.75) is 0 Å². The fraction of sp³-hybridized carbons (Fsp3) is 0.176. The Morgan fingerprint density at radius 2 is 1.79 bits per heavy atom. The fourth-order valence-electron chi connectivity index (χ4n) is 1.84. The number of halogens is 1. The van der Waals surface area contributed by atoms with Gasteiger partial charge >= 0.3 is 5.97 Å². The number of carbonyl (C=O) groups excluding carboxylic acids is 1. The average Bonchev–Trinajstić information content (AvgIpc) is 2.61. The predicted octanol–water partition coefficient (Wildman–Crippen LogP) is 3.21. The molecular formula is C17H14ClNO5. The first-order valence-corrected chi connectivity index (χ1v) is 7.20. The number of nitriles is 1. The molecule has 0 N–H and O–H groups in total. The molecule has 2 aromatic rings. The normalized spacial score (nSPS) is 9.75. The molecule has 0 radical (unpaired) electrons. The van der Waals surface area contributed by atoms with Crippen molar-refractivity contribution in [2.24, 2.45) is 0 Å². The molecule has 0 amide bonds. The highest BCUT2D eigenvalue weighted by atomic mass is 35.5. The van der Waals surface area contributed by atoms with Crippen LogP contribution in [0.2, 0.25) is 5.02 Å². The molecule has 0 aromatic heterocycles. The van der Waals surface area contributed by atoms with Gasteiger partial charge in [-0.15, -0.1) is 0 Å². The van der Waals surface area contributed by atoms with E-state index >= 15 is 0 Å². The molecule has 6 nitrogen and oxygen atoms in total. The molecule has 7 heteroatoms. The van der Waals surface area contributed by atoms with Crippen molar-refractivity contribution >= 4 is 17.6 Å². The number of methoxy groups -OCH3 is 2. The molecular weight excluding hydrogens is 334 g/mol. The second-order valence-electron chi connectivity index (χ2n) is 4.54. The summed E-state index contributed by atoms with van der Waals surface area (Å²) >= 11 is 6.02. The lowest BCUT2D eigenvalue weighted by atomic mass is 10.2. The van der Waals surface area contributed by atoms with E-state index in [1.165, 1.54) is 19.2 Å². The van der Waals surface area contributed by atoms with E-state index in [0.29, 0.717) is 17.1 Å². The summed E-state index contributed by atoms with van der Waals surface area (Å²) in [6, 6.07) is 11.5. The summed E-state index contributed by atoms with van der Waals surface area (Å²) in [5, 5.41) is 9.00. The van der Waals surface area contributed by atoms with Gasteiger partial charge in [-0.2, -0.15) is 5.26 Å². The van der Waals surface area contributed by atoms with Gasteiger partial charge in [-0.1, -0.05) is 11.6 Å². The maximum atomic E-state index is 11.9. The van der Waals surface area contributed by atoms with Crippen LogP contribution in [0.4, 0.5) is 0 Å². The van der Waals surface area contributed by atoms with Crippen molar-refractivity contribution in [3.05, 3.63) is 47.0 Å². The Morgan fingerprint density at radius 3 is 2.38 bits per heavy atom. The summed E-state index contributed by atoms with van der Waals surface area (Å²) in [4.78, 5) is 11.9. The smallest absolute Gasteiger partial charge is 0.349 e. The van der Waals surface area contributed by atoms with Gasteiger partial charge in [0.1, 0.15) is 11.5 Å². The lowest BCUT2D eigenvalue weighted by Crippen LogP contribution is -2.18. The number of carbonyl (C=O) groups is 1. The largest absolute Gasteiger partial charge is 0.497 e. The van der Waals surface area contributed by atoms with Crippen LogP contribution in [-0.2, 0) is 4.79 Å². The first-order chi connectivity index (χ1) is 11.6. The van der Waals surface area contributed by atoms with Gasteiger partial charge in [-0.3, -0.25) is 0 Å². The molecule has 0 bridgehead atoms. The summed E-state index contributed by atoms with van der Waals surface area (Å²) in [5.41, 5.74) is 0.297. The Bertz CT molecular complexity index is 768. The van der Waals surface area contributed by atoms with Gasteiger partial charge in [0.25, 0.3) is 0 Å². The highest BCUT2D eigenvalue weighted by molar-refractivity contribution is 6.32. The molecule has 0 saturated carbocycles. The quantitative estimate of drug-likeness (QED) is 0.589. The molecule has 0 unspecified atom stereocenters. The molecule has 124 valence electrons. The van der Waals surface area contributed by atoms with Crippen LogP contribution in [0.3, 0.4) is 0 Å². The zero-order chi connectivity index (χ0) is 17.5. The molecule has 0 atom stereocenters. The maximum Gasteiger partial charge on any atom is 0.349 e. The molecule has 2 aromatic carbocycles. The number of nitrogens with zero attached hydrogens (tertiary/aromatic N) is 1. The molecule has 0 aliphatic rings. The molecule has 0 aliphatic heterocycles. The van der Waals surface area contributed by atoms with Gasteiger partial charge in [0.2, 0.25) is 0 Å². The van der Waals surface area contributed by atoms with Crippen molar-refractivity contribution in [1.82, 2.24) is 0 Å². The van der Waals surface area contributed by atoms with Crippen molar-refractivity contribution in [3.63, 3.8) is 0 Å². The number of benzene rings is 2. The SMILES string of the molecule is COc1ccc(OCC(=O)Oc2c(Cl)cc(C#N)cc2OC)cc1. The Kier molecular flexibility index (Phi) is 5.88. The third-order valence-electron chi connectivity index (χ3n) is 2.99. The summed E-state index contributed by atoms with van der Waals surface area (Å²) in [6.45, 7) is -0.314. The lowest BCUT2D eigenvalue weighted by Gasteiger charge is -2.12. The van der Waals surface area contributed by atoms with Crippen LogP contribution in [0.15, 0.2) is 36.4 Å². The zero-order valence-corrected chi connectivity index (χ0v) is 13.8. The Labute approximate surface area is 144 Å². The number of hydrogen-bond donors (Lipinski definition) is 0. The summed E-state index contributed by atoms with van der Waals surface area (Å²) < 4.78 is 20.6. The van der Waals surface area contributed by atoms with Crippen LogP contribution in [-0.4, -0.2) is 26.8 Å². The van der Waals surface area contributed by atoms with Crippen molar-refractivity contribution in [2.75, 3.05) is 20.8 Å². The minimum atomic E-state index is -0.657. The van der Waals surface area contributed by atoms with Gasteiger partial charge in [-0.05, 0) is 30.3 Å². The van der Waals surface area contributed by atoms with Gasteiger partial charge in [0.15, 0.2) is 18.1 Å². The zero-order valence-electron chi connectivity index (χ0n) is 13.0. The van der Waals surface area contributed by atoms with Crippen molar-refractivity contribution in [1.29, 1.82) is 5.26 Å². The van der Waals surface area contributed by atoms with E-state index in [1.54, 1.807) is 31.4 Å². The van der Waals surface area contributed by atoms with Crippen LogP contribution in [0.5, 0.6) is 23.0 Å². The predicted molar refractivity (Wildman–Crippen MR) is 86.8 cm³/mol. The van der Waals surface area contributed by atoms with E-state index in [4.69, 9.17) is 35.8 Å². The molecule has 2 rings (SSSR count). The number of esters is 1. The average molecular weight is 348 g/mol. The van der Waals surface area contributed by atoms with Gasteiger partial charge in [0.05, 0.1) is 30.9 Å². The third-order valence-corrected chi connectivity index (χ3v) is 3.27. The molecule has 0 spiro atoms. The van der Waals surface area contributed by atoms with E-state index in [1.807, 2.05) is 6.07 Å². The summed E-state index contributed by atoms with van der Waals surface area (Å²) in [5.74, 6) is 0.749. The number of hydrogen-bond acceptors (Lipinski definition) is 6. The van der Waals surface area contributed by atoms with Gasteiger partial charge in [0, 0.05) is 6.07 Å². The van der Waals surface area contributed by atoms with E-state index in [9.17, 15) is 4.79 Å². The monoisotopic (exact) mass is 347 g/mol. The minimum Gasteiger partial charge on any atom is -0.497 e. The topological polar surface area (TPSA) is 77.8 Å².